The van der Waals surface area contributed by atoms with Crippen molar-refractivity contribution in [1.29, 1.82) is 0 Å². The molecule has 5 rings (SSSR count). The lowest BCUT2D eigenvalue weighted by atomic mass is 9.99. The molecule has 1 heterocycles. The molecule has 6 nitrogen and oxygen atoms in total. The van der Waals surface area contributed by atoms with Crippen molar-refractivity contribution in [3.8, 4) is 16.9 Å². The highest BCUT2D eigenvalue weighted by Crippen LogP contribution is 2.38. The van der Waals surface area contributed by atoms with Crippen molar-refractivity contribution in [1.82, 2.24) is 10.4 Å². The summed E-state index contributed by atoms with van der Waals surface area (Å²) < 4.78 is 6.96. The Hall–Kier alpha value is -3.72. The average molecular weight is 680 g/mol. The third kappa shape index (κ3) is 5.75. The molecule has 0 unspecified atom stereocenters. The molecule has 0 aliphatic rings. The first-order valence-electron chi connectivity index (χ1n) is 12.2. The van der Waals surface area contributed by atoms with Crippen molar-refractivity contribution in [2.75, 3.05) is 0 Å². The van der Waals surface area contributed by atoms with Crippen molar-refractivity contribution in [3.05, 3.63) is 121 Å². The van der Waals surface area contributed by atoms with Crippen LogP contribution in [0.4, 0.5) is 0 Å². The number of fused-ring (bicyclic) bond motifs is 1. The van der Waals surface area contributed by atoms with Gasteiger partial charge in [-0.25, -0.2) is 10.2 Å². The van der Waals surface area contributed by atoms with E-state index in [4.69, 9.17) is 16.3 Å². The van der Waals surface area contributed by atoms with Gasteiger partial charge in [-0.15, -0.1) is 0 Å². The summed E-state index contributed by atoms with van der Waals surface area (Å²) >= 11 is 13.5. The summed E-state index contributed by atoms with van der Waals surface area (Å²) in [7, 11) is 0. The van der Waals surface area contributed by atoms with Crippen molar-refractivity contribution in [3.63, 3.8) is 0 Å². The number of amides is 1. The molecule has 9 heteroatoms. The lowest BCUT2D eigenvalue weighted by Crippen LogP contribution is -2.19. The summed E-state index contributed by atoms with van der Waals surface area (Å²) in [6, 6.07) is 23.7. The molecule has 0 bridgehead atoms. The SMILES string of the molecule is Cc1cc(C)c2[nH]c(C(=O)NN=Cc3cc(Br)cc(Br)c3OC(=O)c3ccccc3)c(-c3ccccc3Cl)c2c1. The third-order valence-corrected chi connectivity index (χ3v) is 7.61. The van der Waals surface area contributed by atoms with Crippen LogP contribution in [0.3, 0.4) is 0 Å². The van der Waals surface area contributed by atoms with E-state index >= 15 is 0 Å². The van der Waals surface area contributed by atoms with Gasteiger partial charge in [0.25, 0.3) is 5.91 Å². The molecule has 5 aromatic rings. The lowest BCUT2D eigenvalue weighted by molar-refractivity contribution is 0.0733. The van der Waals surface area contributed by atoms with Crippen molar-refractivity contribution in [2.45, 2.75) is 13.8 Å². The minimum Gasteiger partial charge on any atom is -0.421 e. The van der Waals surface area contributed by atoms with Gasteiger partial charge < -0.3 is 9.72 Å². The minimum atomic E-state index is -0.518. The van der Waals surface area contributed by atoms with E-state index in [1.54, 1.807) is 42.5 Å². The molecule has 0 spiro atoms. The van der Waals surface area contributed by atoms with E-state index in [-0.39, 0.29) is 5.75 Å². The first-order valence-corrected chi connectivity index (χ1v) is 14.2. The highest BCUT2D eigenvalue weighted by molar-refractivity contribution is 9.11. The Balaban J connectivity index is 1.48. The van der Waals surface area contributed by atoms with Crippen molar-refractivity contribution < 1.29 is 14.3 Å². The Labute approximate surface area is 252 Å². The zero-order chi connectivity index (χ0) is 28.4. The summed E-state index contributed by atoms with van der Waals surface area (Å²) in [5.74, 6) is -0.699. The second-order valence-corrected chi connectivity index (χ2v) is 11.3. The summed E-state index contributed by atoms with van der Waals surface area (Å²) in [6.45, 7) is 4.00. The predicted molar refractivity (Wildman–Crippen MR) is 167 cm³/mol. The number of aryl methyl sites for hydroxylation is 2. The Kier molecular flexibility index (Phi) is 8.21. The van der Waals surface area contributed by atoms with Gasteiger partial charge >= 0.3 is 5.97 Å². The van der Waals surface area contributed by atoms with Gasteiger partial charge in [-0.05, 0) is 71.7 Å². The number of carbonyl (C=O) groups is 2. The van der Waals surface area contributed by atoms with E-state index in [0.717, 1.165) is 32.1 Å². The number of hydrogen-bond donors (Lipinski definition) is 2. The molecule has 40 heavy (non-hydrogen) atoms. The molecule has 0 aliphatic carbocycles. The van der Waals surface area contributed by atoms with Crippen molar-refractivity contribution >= 4 is 72.5 Å². The number of nitrogens with one attached hydrogen (secondary N) is 2. The zero-order valence-electron chi connectivity index (χ0n) is 21.4. The number of rotatable bonds is 6. The number of nitrogens with zero attached hydrogens (tertiary/aromatic N) is 1. The highest BCUT2D eigenvalue weighted by Gasteiger charge is 2.22. The number of carbonyl (C=O) groups excluding carboxylic acids is 2. The van der Waals surface area contributed by atoms with Gasteiger partial charge in [-0.3, -0.25) is 4.79 Å². The maximum atomic E-state index is 13.5. The number of halogens is 3. The number of aromatic amines is 1. The van der Waals surface area contributed by atoms with Gasteiger partial charge in [-0.1, -0.05) is 75.6 Å². The third-order valence-electron chi connectivity index (χ3n) is 6.23. The fraction of sp³-hybridized carbons (Fsp3) is 0.0645. The molecular formula is C31H22Br2ClN3O3. The second kappa shape index (κ2) is 11.8. The van der Waals surface area contributed by atoms with Gasteiger partial charge in [0.15, 0.2) is 5.75 Å². The number of H-pyrrole nitrogens is 1. The van der Waals surface area contributed by atoms with E-state index < -0.39 is 11.9 Å². The Morgan fingerprint density at radius 1 is 0.975 bits per heavy atom. The molecule has 1 amide bonds. The first-order chi connectivity index (χ1) is 19.2. The van der Waals surface area contributed by atoms with Crippen LogP contribution in [0, 0.1) is 13.8 Å². The summed E-state index contributed by atoms with van der Waals surface area (Å²) in [4.78, 5) is 29.5. The first kappa shape index (κ1) is 27.8. The van der Waals surface area contributed by atoms with Crippen LogP contribution in [0.25, 0.3) is 22.0 Å². The number of ether oxygens (including phenoxy) is 1. The van der Waals surface area contributed by atoms with E-state index in [1.807, 2.05) is 44.2 Å². The minimum absolute atomic E-state index is 0.267. The fourth-order valence-electron chi connectivity index (χ4n) is 4.49. The predicted octanol–water partition coefficient (Wildman–Crippen LogP) is 8.61. The van der Waals surface area contributed by atoms with Crippen LogP contribution < -0.4 is 10.2 Å². The van der Waals surface area contributed by atoms with Crippen molar-refractivity contribution in [2.24, 2.45) is 5.10 Å². The number of hydrazone groups is 1. The maximum Gasteiger partial charge on any atom is 0.343 e. The molecule has 0 fully saturated rings. The topological polar surface area (TPSA) is 83.6 Å². The largest absolute Gasteiger partial charge is 0.421 e. The Morgan fingerprint density at radius 3 is 2.45 bits per heavy atom. The van der Waals surface area contributed by atoms with E-state index in [9.17, 15) is 9.59 Å². The molecule has 200 valence electrons. The monoisotopic (exact) mass is 677 g/mol. The Bertz CT molecular complexity index is 1800. The van der Waals surface area contributed by atoms with Gasteiger partial charge in [0.2, 0.25) is 0 Å². The van der Waals surface area contributed by atoms with Gasteiger partial charge in [-0.2, -0.15) is 5.10 Å². The van der Waals surface area contributed by atoms with Crippen LogP contribution in [0.15, 0.2) is 92.9 Å². The quantitative estimate of drug-likeness (QED) is 0.0816. The number of esters is 1. The smallest absolute Gasteiger partial charge is 0.343 e. The molecule has 0 saturated heterocycles. The van der Waals surface area contributed by atoms with E-state index in [0.29, 0.717) is 31.9 Å². The molecule has 1 aromatic heterocycles. The number of hydrogen-bond acceptors (Lipinski definition) is 4. The van der Waals surface area contributed by atoms with Crippen LogP contribution in [-0.4, -0.2) is 23.1 Å². The second-order valence-electron chi connectivity index (χ2n) is 9.12. The average Bonchev–Trinajstić information content (AvgIpc) is 3.30. The molecule has 4 aromatic carbocycles. The van der Waals surface area contributed by atoms with Gasteiger partial charge in [0.1, 0.15) is 5.69 Å². The standard InChI is InChI=1S/C31H22Br2ClN3O3/c1-17-12-18(2)27-23(13-17)26(22-10-6-7-11-25(22)34)28(36-27)30(38)37-35-16-20-14-21(32)15-24(33)29(20)40-31(39)19-8-4-3-5-9-19/h3-16,36H,1-2H3,(H,37,38). The molecule has 0 saturated carbocycles. The lowest BCUT2D eigenvalue weighted by Gasteiger charge is -2.10. The fourth-order valence-corrected chi connectivity index (χ4v) is 6.06. The maximum absolute atomic E-state index is 13.5. The molecule has 0 radical (unpaired) electrons. The summed E-state index contributed by atoms with van der Waals surface area (Å²) in [5.41, 5.74) is 8.18. The van der Waals surface area contributed by atoms with Crippen LogP contribution >= 0.6 is 43.5 Å². The molecular weight excluding hydrogens is 658 g/mol. The van der Waals surface area contributed by atoms with Crippen LogP contribution in [-0.2, 0) is 0 Å². The van der Waals surface area contributed by atoms with Crippen LogP contribution in [0.1, 0.15) is 37.5 Å². The van der Waals surface area contributed by atoms with E-state index in [1.165, 1.54) is 6.21 Å². The normalized spacial score (nSPS) is 11.2. The zero-order valence-corrected chi connectivity index (χ0v) is 25.3. The van der Waals surface area contributed by atoms with Gasteiger partial charge in [0.05, 0.1) is 16.3 Å². The molecule has 0 aliphatic heterocycles. The van der Waals surface area contributed by atoms with Crippen LogP contribution in [0.2, 0.25) is 5.02 Å². The number of aromatic nitrogens is 1. The summed E-state index contributed by atoms with van der Waals surface area (Å²) in [6.07, 6.45) is 1.42. The Morgan fingerprint density at radius 2 is 1.70 bits per heavy atom. The molecule has 0 atom stereocenters. The summed E-state index contributed by atoms with van der Waals surface area (Å²) in [5, 5.41) is 5.62. The highest BCUT2D eigenvalue weighted by atomic mass is 79.9. The van der Waals surface area contributed by atoms with Gasteiger partial charge in [0, 0.05) is 37.1 Å². The number of benzene rings is 4. The van der Waals surface area contributed by atoms with E-state index in [2.05, 4.69) is 53.4 Å². The molecule has 2 N–H and O–H groups in total. The van der Waals surface area contributed by atoms with Crippen LogP contribution in [0.5, 0.6) is 5.75 Å².